The van der Waals surface area contributed by atoms with Crippen molar-refractivity contribution in [2.75, 3.05) is 5.73 Å². The fraction of sp³-hybridized carbons (Fsp3) is 0.500. The van der Waals surface area contributed by atoms with Gasteiger partial charge in [0.15, 0.2) is 0 Å². The number of hydrogen-bond acceptors (Lipinski definition) is 3. The van der Waals surface area contributed by atoms with Crippen LogP contribution in [0.2, 0.25) is 5.15 Å². The van der Waals surface area contributed by atoms with E-state index in [-0.39, 0.29) is 17.1 Å². The molecule has 0 saturated carbocycles. The Hall–Kier alpha value is -1.29. The van der Waals surface area contributed by atoms with Gasteiger partial charge in [0.25, 0.3) is 5.91 Å². The number of anilines is 1. The molecule has 0 saturated heterocycles. The molecule has 94 valence electrons. The van der Waals surface area contributed by atoms with Gasteiger partial charge in [0.1, 0.15) is 5.15 Å². The number of halogens is 1. The molecule has 1 rings (SSSR count). The highest BCUT2D eigenvalue weighted by Crippen LogP contribution is 2.16. The lowest BCUT2D eigenvalue weighted by molar-refractivity contribution is 0.0925. The van der Waals surface area contributed by atoms with E-state index in [1.54, 1.807) is 0 Å². The van der Waals surface area contributed by atoms with E-state index in [0.29, 0.717) is 17.2 Å². The maximum atomic E-state index is 12.0. The maximum absolute atomic E-state index is 12.0. The summed E-state index contributed by atoms with van der Waals surface area (Å²) in [6, 6.07) is 1.62. The molecule has 1 heterocycles. The van der Waals surface area contributed by atoms with Crippen LogP contribution >= 0.6 is 11.6 Å². The van der Waals surface area contributed by atoms with Crippen LogP contribution in [-0.4, -0.2) is 16.9 Å². The van der Waals surface area contributed by atoms with Crippen molar-refractivity contribution in [1.82, 2.24) is 10.3 Å². The van der Waals surface area contributed by atoms with Crippen LogP contribution in [0.25, 0.3) is 0 Å². The molecule has 1 amide bonds. The number of amides is 1. The zero-order valence-corrected chi connectivity index (χ0v) is 11.1. The smallest absolute Gasteiger partial charge is 0.253 e. The normalized spacial score (nSPS) is 12.5. The number of pyridine rings is 1. The quantitative estimate of drug-likeness (QED) is 0.813. The van der Waals surface area contributed by atoms with Crippen molar-refractivity contribution in [3.63, 3.8) is 0 Å². The highest BCUT2D eigenvalue weighted by atomic mass is 35.5. The molecule has 1 atom stereocenters. The van der Waals surface area contributed by atoms with Gasteiger partial charge in [-0.3, -0.25) is 4.79 Å². The number of nitrogens with zero attached hydrogens (tertiary/aromatic N) is 1. The number of carbonyl (C=O) groups excluding carboxylic acids is 1. The second-order valence-electron chi connectivity index (χ2n) is 4.33. The molecule has 1 unspecified atom stereocenters. The van der Waals surface area contributed by atoms with Crippen molar-refractivity contribution >= 4 is 23.2 Å². The monoisotopic (exact) mass is 255 g/mol. The molecule has 0 aromatic carbocycles. The Morgan fingerprint density at radius 2 is 2.24 bits per heavy atom. The van der Waals surface area contributed by atoms with E-state index in [1.807, 2.05) is 6.92 Å². The van der Waals surface area contributed by atoms with E-state index in [9.17, 15) is 4.79 Å². The molecule has 0 aliphatic carbocycles. The lowest BCUT2D eigenvalue weighted by Gasteiger charge is -2.21. The Bertz CT molecular complexity index is 407. The predicted octanol–water partition coefficient (Wildman–Crippen LogP) is 2.48. The number of nitrogens with two attached hydrogens (primary N) is 1. The van der Waals surface area contributed by atoms with Crippen LogP contribution in [0.3, 0.4) is 0 Å². The van der Waals surface area contributed by atoms with E-state index in [1.165, 1.54) is 12.3 Å². The fourth-order valence-electron chi connectivity index (χ4n) is 1.62. The van der Waals surface area contributed by atoms with Crippen molar-refractivity contribution < 1.29 is 4.79 Å². The van der Waals surface area contributed by atoms with Gasteiger partial charge in [0, 0.05) is 6.04 Å². The number of aromatic nitrogens is 1. The molecule has 17 heavy (non-hydrogen) atoms. The Labute approximate surface area is 107 Å². The fourth-order valence-corrected chi connectivity index (χ4v) is 1.78. The van der Waals surface area contributed by atoms with E-state index in [0.717, 1.165) is 6.42 Å². The topological polar surface area (TPSA) is 68.0 Å². The Morgan fingerprint density at radius 3 is 2.76 bits per heavy atom. The first-order valence-corrected chi connectivity index (χ1v) is 6.05. The van der Waals surface area contributed by atoms with Crippen LogP contribution in [0.5, 0.6) is 0 Å². The van der Waals surface area contributed by atoms with Crippen molar-refractivity contribution in [3.05, 3.63) is 23.0 Å². The average molecular weight is 256 g/mol. The molecule has 0 aliphatic rings. The molecular formula is C12H18ClN3O. The lowest BCUT2D eigenvalue weighted by Crippen LogP contribution is -2.38. The summed E-state index contributed by atoms with van der Waals surface area (Å²) in [5.74, 6) is 0.176. The number of nitrogen functional groups attached to an aromatic ring is 1. The Kier molecular flexibility index (Phi) is 4.75. The highest BCUT2D eigenvalue weighted by Gasteiger charge is 2.17. The summed E-state index contributed by atoms with van der Waals surface area (Å²) in [6.07, 6.45) is 2.27. The molecule has 3 N–H and O–H groups in total. The summed E-state index contributed by atoms with van der Waals surface area (Å²) in [5.41, 5.74) is 6.42. The van der Waals surface area contributed by atoms with Crippen molar-refractivity contribution in [1.29, 1.82) is 0 Å². The summed E-state index contributed by atoms with van der Waals surface area (Å²) in [6.45, 7) is 6.17. The first-order valence-electron chi connectivity index (χ1n) is 5.67. The summed E-state index contributed by atoms with van der Waals surface area (Å²) < 4.78 is 0. The highest BCUT2D eigenvalue weighted by molar-refractivity contribution is 6.29. The Morgan fingerprint density at radius 1 is 1.59 bits per heavy atom. The minimum absolute atomic E-state index is 0.133. The minimum Gasteiger partial charge on any atom is -0.397 e. The number of nitrogens with one attached hydrogen (secondary N) is 1. The van der Waals surface area contributed by atoms with Gasteiger partial charge in [-0.05, 0) is 18.4 Å². The Balaban J connectivity index is 2.86. The number of carbonyl (C=O) groups is 1. The van der Waals surface area contributed by atoms with E-state index in [4.69, 9.17) is 17.3 Å². The second-order valence-corrected chi connectivity index (χ2v) is 4.71. The van der Waals surface area contributed by atoms with Gasteiger partial charge in [-0.2, -0.15) is 0 Å². The zero-order chi connectivity index (χ0) is 13.0. The molecule has 4 nitrogen and oxygen atoms in total. The van der Waals surface area contributed by atoms with E-state index in [2.05, 4.69) is 24.1 Å². The van der Waals surface area contributed by atoms with Gasteiger partial charge >= 0.3 is 0 Å². The van der Waals surface area contributed by atoms with Crippen molar-refractivity contribution in [3.8, 4) is 0 Å². The first-order chi connectivity index (χ1) is 7.95. The molecule has 1 aromatic heterocycles. The number of rotatable bonds is 4. The van der Waals surface area contributed by atoms with Gasteiger partial charge in [-0.1, -0.05) is 32.4 Å². The van der Waals surface area contributed by atoms with Crippen LogP contribution in [0.15, 0.2) is 12.3 Å². The van der Waals surface area contributed by atoms with Gasteiger partial charge < -0.3 is 11.1 Å². The zero-order valence-electron chi connectivity index (χ0n) is 10.3. The van der Waals surface area contributed by atoms with Crippen molar-refractivity contribution in [2.24, 2.45) is 5.92 Å². The third kappa shape index (κ3) is 3.60. The molecule has 0 radical (unpaired) electrons. The summed E-state index contributed by atoms with van der Waals surface area (Å²) in [5, 5.41) is 3.21. The third-order valence-electron chi connectivity index (χ3n) is 2.71. The maximum Gasteiger partial charge on any atom is 0.253 e. The molecular weight excluding hydrogens is 238 g/mol. The molecule has 1 aromatic rings. The standard InChI is InChI=1S/C12H18ClN3O/c1-4-10(7(2)3)16-12(17)8-5-11(13)15-6-9(8)14/h5-7,10H,4,14H2,1-3H3,(H,16,17). The van der Waals surface area contributed by atoms with Crippen LogP contribution in [-0.2, 0) is 0 Å². The van der Waals surface area contributed by atoms with Crippen molar-refractivity contribution in [2.45, 2.75) is 33.2 Å². The second kappa shape index (κ2) is 5.87. The molecule has 0 spiro atoms. The third-order valence-corrected chi connectivity index (χ3v) is 2.91. The molecule has 5 heteroatoms. The molecule has 0 aliphatic heterocycles. The van der Waals surface area contributed by atoms with E-state index >= 15 is 0 Å². The minimum atomic E-state index is -0.202. The summed E-state index contributed by atoms with van der Waals surface area (Å²) >= 11 is 5.75. The van der Waals surface area contributed by atoms with Crippen LogP contribution in [0, 0.1) is 5.92 Å². The number of hydrogen-bond donors (Lipinski definition) is 2. The van der Waals surface area contributed by atoms with Gasteiger partial charge in [-0.15, -0.1) is 0 Å². The first kappa shape index (κ1) is 13.8. The van der Waals surface area contributed by atoms with Crippen LogP contribution in [0.1, 0.15) is 37.6 Å². The van der Waals surface area contributed by atoms with Crippen LogP contribution in [0.4, 0.5) is 5.69 Å². The SMILES string of the molecule is CCC(NC(=O)c1cc(Cl)ncc1N)C(C)C. The molecule has 0 bridgehead atoms. The van der Waals surface area contributed by atoms with Gasteiger partial charge in [-0.25, -0.2) is 4.98 Å². The molecule has 0 fully saturated rings. The summed E-state index contributed by atoms with van der Waals surface area (Å²) in [4.78, 5) is 15.8. The summed E-state index contributed by atoms with van der Waals surface area (Å²) in [7, 11) is 0. The largest absolute Gasteiger partial charge is 0.397 e. The lowest BCUT2D eigenvalue weighted by atomic mass is 10.0. The van der Waals surface area contributed by atoms with Gasteiger partial charge in [0.05, 0.1) is 17.4 Å². The average Bonchev–Trinajstić information content (AvgIpc) is 2.28. The predicted molar refractivity (Wildman–Crippen MR) is 70.0 cm³/mol. The van der Waals surface area contributed by atoms with Crippen LogP contribution < -0.4 is 11.1 Å². The van der Waals surface area contributed by atoms with E-state index < -0.39 is 0 Å². The van der Waals surface area contributed by atoms with Gasteiger partial charge in [0.2, 0.25) is 0 Å².